The summed E-state index contributed by atoms with van der Waals surface area (Å²) >= 11 is 0. The molecule has 2 amide bonds. The van der Waals surface area contributed by atoms with E-state index >= 15 is 0 Å². The first-order chi connectivity index (χ1) is 17.6. The highest BCUT2D eigenvalue weighted by Gasteiger charge is 2.21. The number of nitrogens with one attached hydrogen (secondary N) is 2. The average Bonchev–Trinajstić information content (AvgIpc) is 2.90. The molecule has 0 aliphatic carbocycles. The molecule has 0 spiro atoms. The Balaban J connectivity index is 1.59. The lowest BCUT2D eigenvalue weighted by atomic mass is 9.88. The number of hydrogen-bond donors (Lipinski definition) is 2. The summed E-state index contributed by atoms with van der Waals surface area (Å²) in [5.74, 6) is -0.294. The van der Waals surface area contributed by atoms with Gasteiger partial charge in [-0.1, -0.05) is 84.9 Å². The smallest absolute Gasteiger partial charge is 0.256 e. The van der Waals surface area contributed by atoms with Gasteiger partial charge in [0.25, 0.3) is 5.91 Å². The second-order valence-corrected chi connectivity index (χ2v) is 8.73. The van der Waals surface area contributed by atoms with Crippen molar-refractivity contribution in [3.8, 4) is 11.1 Å². The fourth-order valence-corrected chi connectivity index (χ4v) is 4.57. The van der Waals surface area contributed by atoms with Crippen LogP contribution in [-0.4, -0.2) is 11.8 Å². The fraction of sp³-hybridized carbons (Fsp3) is 0.0625. The summed E-state index contributed by atoms with van der Waals surface area (Å²) in [5.41, 5.74) is 5.68. The summed E-state index contributed by atoms with van der Waals surface area (Å²) < 4.78 is 0. The molecule has 36 heavy (non-hydrogen) atoms. The molecule has 0 bridgehead atoms. The molecule has 5 aromatic rings. The van der Waals surface area contributed by atoms with Crippen molar-refractivity contribution in [2.75, 3.05) is 10.6 Å². The largest absolute Gasteiger partial charge is 0.326 e. The van der Waals surface area contributed by atoms with E-state index in [4.69, 9.17) is 0 Å². The van der Waals surface area contributed by atoms with E-state index in [9.17, 15) is 9.59 Å². The third kappa shape index (κ3) is 4.89. The van der Waals surface area contributed by atoms with Crippen molar-refractivity contribution in [2.45, 2.75) is 13.3 Å². The summed E-state index contributed by atoms with van der Waals surface area (Å²) in [5, 5.41) is 7.92. The highest BCUT2D eigenvalue weighted by Crippen LogP contribution is 2.35. The van der Waals surface area contributed by atoms with Crippen LogP contribution in [0, 0.1) is 6.92 Å². The van der Waals surface area contributed by atoms with Gasteiger partial charge in [-0.2, -0.15) is 0 Å². The third-order valence-corrected chi connectivity index (χ3v) is 6.23. The molecule has 0 fully saturated rings. The Morgan fingerprint density at radius 2 is 1.17 bits per heavy atom. The Morgan fingerprint density at radius 1 is 0.611 bits per heavy atom. The molecule has 4 heteroatoms. The zero-order valence-electron chi connectivity index (χ0n) is 20.0. The maximum Gasteiger partial charge on any atom is 0.256 e. The molecular weight excluding hydrogens is 444 g/mol. The molecule has 0 atom stereocenters. The van der Waals surface area contributed by atoms with Gasteiger partial charge in [0, 0.05) is 11.4 Å². The number of aryl methyl sites for hydroxylation is 1. The number of benzene rings is 5. The summed E-state index contributed by atoms with van der Waals surface area (Å²) in [6.07, 6.45) is 0.191. The van der Waals surface area contributed by atoms with Crippen LogP contribution in [0.1, 0.15) is 21.5 Å². The van der Waals surface area contributed by atoms with Gasteiger partial charge in [-0.15, -0.1) is 0 Å². The van der Waals surface area contributed by atoms with Crippen molar-refractivity contribution in [1.29, 1.82) is 0 Å². The summed E-state index contributed by atoms with van der Waals surface area (Å²) in [7, 11) is 0. The summed E-state index contributed by atoms with van der Waals surface area (Å²) in [4.78, 5) is 26.6. The van der Waals surface area contributed by atoms with Crippen LogP contribution >= 0.6 is 0 Å². The number of amides is 2. The zero-order valence-corrected chi connectivity index (χ0v) is 20.0. The lowest BCUT2D eigenvalue weighted by Crippen LogP contribution is -2.16. The minimum atomic E-state index is -0.184. The topological polar surface area (TPSA) is 58.2 Å². The van der Waals surface area contributed by atoms with Crippen molar-refractivity contribution in [3.63, 3.8) is 0 Å². The van der Waals surface area contributed by atoms with Crippen molar-refractivity contribution in [1.82, 2.24) is 0 Å². The molecule has 5 aromatic carbocycles. The number of hydrogen-bond acceptors (Lipinski definition) is 2. The number of rotatable bonds is 6. The number of carbonyl (C=O) groups excluding carboxylic acids is 2. The number of fused-ring (bicyclic) bond motifs is 1. The van der Waals surface area contributed by atoms with E-state index in [-0.39, 0.29) is 18.2 Å². The molecule has 0 aliphatic rings. The van der Waals surface area contributed by atoms with Gasteiger partial charge in [-0.25, -0.2) is 0 Å². The van der Waals surface area contributed by atoms with E-state index in [2.05, 4.69) is 23.6 Å². The van der Waals surface area contributed by atoms with E-state index in [1.54, 1.807) is 0 Å². The van der Waals surface area contributed by atoms with Crippen LogP contribution in [0.3, 0.4) is 0 Å². The molecule has 0 saturated carbocycles. The Morgan fingerprint density at radius 3 is 1.86 bits per heavy atom. The predicted octanol–water partition coefficient (Wildman–Crippen LogP) is 7.25. The standard InChI is InChI=1S/C32H26N2O2/c1-22-20-29(27-18-9-8-12-23(27)21-30(35)33-24-13-4-2-5-14-24)31(28-19-11-10-17-26(22)28)32(36)34-25-15-6-3-7-16-25/h2-20H,21H2,1H3,(H,33,35)(H,34,36). The van der Waals surface area contributed by atoms with Gasteiger partial charge in [0.2, 0.25) is 5.91 Å². The van der Waals surface area contributed by atoms with Gasteiger partial charge < -0.3 is 10.6 Å². The zero-order chi connectivity index (χ0) is 24.9. The van der Waals surface area contributed by atoms with Crippen LogP contribution < -0.4 is 10.6 Å². The second kappa shape index (κ2) is 10.3. The normalized spacial score (nSPS) is 10.7. The molecule has 4 nitrogen and oxygen atoms in total. The van der Waals surface area contributed by atoms with Crippen LogP contribution in [0.2, 0.25) is 0 Å². The molecule has 2 N–H and O–H groups in total. The maximum absolute atomic E-state index is 13.7. The molecule has 0 saturated heterocycles. The Bertz CT molecular complexity index is 1540. The molecule has 0 aromatic heterocycles. The number of para-hydroxylation sites is 2. The maximum atomic E-state index is 13.7. The van der Waals surface area contributed by atoms with Crippen molar-refractivity contribution in [3.05, 3.63) is 132 Å². The van der Waals surface area contributed by atoms with Crippen LogP contribution in [0.15, 0.2) is 115 Å². The highest BCUT2D eigenvalue weighted by molar-refractivity contribution is 6.18. The summed E-state index contributed by atoms with van der Waals surface area (Å²) in [6.45, 7) is 2.05. The first-order valence-electron chi connectivity index (χ1n) is 11.9. The Hall–Kier alpha value is -4.70. The van der Waals surface area contributed by atoms with Gasteiger partial charge in [0.1, 0.15) is 0 Å². The van der Waals surface area contributed by atoms with E-state index in [1.807, 2.05) is 109 Å². The van der Waals surface area contributed by atoms with Gasteiger partial charge in [-0.05, 0) is 70.3 Å². The average molecular weight is 471 g/mol. The van der Waals surface area contributed by atoms with Gasteiger partial charge in [0.05, 0.1) is 12.0 Å². The third-order valence-electron chi connectivity index (χ3n) is 6.23. The predicted molar refractivity (Wildman–Crippen MR) is 147 cm³/mol. The minimum absolute atomic E-state index is 0.110. The van der Waals surface area contributed by atoms with Crippen molar-refractivity contribution < 1.29 is 9.59 Å². The molecule has 5 rings (SSSR count). The van der Waals surface area contributed by atoms with Crippen LogP contribution in [0.25, 0.3) is 21.9 Å². The van der Waals surface area contributed by atoms with E-state index in [1.165, 1.54) is 0 Å². The first kappa shape index (κ1) is 23.1. The fourth-order valence-electron chi connectivity index (χ4n) is 4.57. The molecule has 0 aliphatic heterocycles. The van der Waals surface area contributed by atoms with Gasteiger partial charge in [0.15, 0.2) is 0 Å². The minimum Gasteiger partial charge on any atom is -0.326 e. The number of anilines is 2. The van der Waals surface area contributed by atoms with E-state index in [0.717, 1.165) is 44.4 Å². The van der Waals surface area contributed by atoms with Crippen LogP contribution in [-0.2, 0) is 11.2 Å². The lowest BCUT2D eigenvalue weighted by Gasteiger charge is -2.18. The highest BCUT2D eigenvalue weighted by atomic mass is 16.2. The quantitative estimate of drug-likeness (QED) is 0.275. The summed E-state index contributed by atoms with van der Waals surface area (Å²) in [6, 6.07) is 36.7. The van der Waals surface area contributed by atoms with Gasteiger partial charge >= 0.3 is 0 Å². The molecular formula is C32H26N2O2. The SMILES string of the molecule is Cc1cc(-c2ccccc2CC(=O)Nc2ccccc2)c(C(=O)Nc2ccccc2)c2ccccc12. The van der Waals surface area contributed by atoms with E-state index in [0.29, 0.717) is 5.56 Å². The molecule has 0 heterocycles. The first-order valence-corrected chi connectivity index (χ1v) is 11.9. The van der Waals surface area contributed by atoms with Crippen molar-refractivity contribution in [2.24, 2.45) is 0 Å². The van der Waals surface area contributed by atoms with Crippen molar-refractivity contribution >= 4 is 34.0 Å². The van der Waals surface area contributed by atoms with Crippen LogP contribution in [0.5, 0.6) is 0 Å². The lowest BCUT2D eigenvalue weighted by molar-refractivity contribution is -0.115. The molecule has 176 valence electrons. The van der Waals surface area contributed by atoms with Crippen LogP contribution in [0.4, 0.5) is 11.4 Å². The van der Waals surface area contributed by atoms with E-state index < -0.39 is 0 Å². The molecule has 0 radical (unpaired) electrons. The Labute approximate surface area is 210 Å². The monoisotopic (exact) mass is 470 g/mol. The molecule has 0 unspecified atom stereocenters. The second-order valence-electron chi connectivity index (χ2n) is 8.73. The van der Waals surface area contributed by atoms with Gasteiger partial charge in [-0.3, -0.25) is 9.59 Å². The number of carbonyl (C=O) groups is 2. The Kier molecular flexibility index (Phi) is 6.59.